The van der Waals surface area contributed by atoms with Gasteiger partial charge in [0.25, 0.3) is 0 Å². The molecule has 4 nitrogen and oxygen atoms in total. The maximum Gasteiger partial charge on any atom is 0.303 e. The van der Waals surface area contributed by atoms with E-state index >= 15 is 0 Å². The van der Waals surface area contributed by atoms with Gasteiger partial charge in [-0.05, 0) is 91.2 Å². The van der Waals surface area contributed by atoms with E-state index in [-0.39, 0.29) is 17.1 Å². The van der Waals surface area contributed by atoms with E-state index in [0.717, 1.165) is 59.2 Å². The number of benzene rings is 3. The van der Waals surface area contributed by atoms with E-state index in [4.69, 9.17) is 16.6 Å². The minimum Gasteiger partial charge on any atom is -0.481 e. The molecule has 0 amide bonds. The zero-order valence-corrected chi connectivity index (χ0v) is 25.9. The standard InChI is InChI=1S/C35H40ClNO3S/c1-34(2,22-33(38)39)23-41-32(19-15-25-9-5-6-11-30(25)35(3,4)40)27-10-7-8-24(20-27)12-17-29-18-14-26-13-16-28(36)21-31(26)37-29/h5-11,13-14,16,18,20-21,32,40H,12,15,17,19,22-23H2,1-4H3,(H,38,39). The maximum absolute atomic E-state index is 11.4. The number of aliphatic carboxylic acids is 1. The number of nitrogens with zero attached hydrogens (tertiary/aromatic N) is 1. The van der Waals surface area contributed by atoms with Crippen LogP contribution in [0.25, 0.3) is 10.9 Å². The molecule has 0 fully saturated rings. The lowest BCUT2D eigenvalue weighted by Gasteiger charge is -2.27. The molecule has 3 aromatic carbocycles. The van der Waals surface area contributed by atoms with Crippen LogP contribution in [0.3, 0.4) is 0 Å². The fourth-order valence-corrected chi connectivity index (χ4v) is 6.79. The zero-order valence-electron chi connectivity index (χ0n) is 24.4. The predicted molar refractivity (Wildman–Crippen MR) is 172 cm³/mol. The fourth-order valence-electron chi connectivity index (χ4n) is 5.25. The Morgan fingerprint density at radius 3 is 2.44 bits per heavy atom. The summed E-state index contributed by atoms with van der Waals surface area (Å²) in [4.78, 5) is 16.3. The van der Waals surface area contributed by atoms with Crippen LogP contribution in [-0.4, -0.2) is 26.9 Å². The number of rotatable bonds is 13. The number of pyridine rings is 1. The second kappa shape index (κ2) is 13.4. The van der Waals surface area contributed by atoms with Gasteiger partial charge in [0.2, 0.25) is 0 Å². The summed E-state index contributed by atoms with van der Waals surface area (Å²) >= 11 is 8.01. The van der Waals surface area contributed by atoms with Crippen molar-refractivity contribution in [3.05, 3.63) is 112 Å². The third-order valence-corrected chi connectivity index (χ3v) is 9.46. The Labute approximate surface area is 253 Å². The zero-order chi connectivity index (χ0) is 29.6. The highest BCUT2D eigenvalue weighted by molar-refractivity contribution is 7.99. The Morgan fingerprint density at radius 2 is 1.68 bits per heavy atom. The topological polar surface area (TPSA) is 70.4 Å². The molecule has 0 spiro atoms. The fraction of sp³-hybridized carbons (Fsp3) is 0.371. The highest BCUT2D eigenvalue weighted by Gasteiger charge is 2.25. The first-order chi connectivity index (χ1) is 19.4. The van der Waals surface area contributed by atoms with Gasteiger partial charge in [0.1, 0.15) is 0 Å². The number of aliphatic hydroxyl groups is 1. The number of carboxylic acid groups (broad SMARTS) is 1. The highest BCUT2D eigenvalue weighted by atomic mass is 35.5. The van der Waals surface area contributed by atoms with Gasteiger partial charge in [0, 0.05) is 21.4 Å². The van der Waals surface area contributed by atoms with E-state index in [1.54, 1.807) is 0 Å². The van der Waals surface area contributed by atoms with E-state index in [0.29, 0.717) is 5.02 Å². The molecule has 1 aromatic heterocycles. The van der Waals surface area contributed by atoms with Gasteiger partial charge in [0.15, 0.2) is 0 Å². The molecule has 4 rings (SSSR count). The van der Waals surface area contributed by atoms with Crippen molar-refractivity contribution in [2.24, 2.45) is 5.41 Å². The summed E-state index contributed by atoms with van der Waals surface area (Å²) in [6, 6.07) is 26.8. The lowest BCUT2D eigenvalue weighted by atomic mass is 9.90. The van der Waals surface area contributed by atoms with Crippen LogP contribution in [0.5, 0.6) is 0 Å². The van der Waals surface area contributed by atoms with Crippen LogP contribution in [0.15, 0.2) is 78.9 Å². The second-order valence-electron chi connectivity index (χ2n) is 12.2. The molecule has 2 N–H and O–H groups in total. The molecule has 41 heavy (non-hydrogen) atoms. The van der Waals surface area contributed by atoms with Gasteiger partial charge in [-0.25, -0.2) is 0 Å². The third-order valence-electron chi connectivity index (χ3n) is 7.36. The maximum atomic E-state index is 11.4. The Hall–Kier alpha value is -2.86. The van der Waals surface area contributed by atoms with Gasteiger partial charge in [-0.2, -0.15) is 11.8 Å². The second-order valence-corrected chi connectivity index (χ2v) is 13.8. The van der Waals surface area contributed by atoms with Crippen LogP contribution in [0.1, 0.15) is 73.7 Å². The van der Waals surface area contributed by atoms with Crippen molar-refractivity contribution < 1.29 is 15.0 Å². The third kappa shape index (κ3) is 9.06. The van der Waals surface area contributed by atoms with Crippen LogP contribution >= 0.6 is 23.4 Å². The van der Waals surface area contributed by atoms with Gasteiger partial charge in [-0.1, -0.05) is 86.1 Å². The van der Waals surface area contributed by atoms with Gasteiger partial charge in [-0.3, -0.25) is 9.78 Å². The molecular formula is C35H40ClNO3S. The first-order valence-corrected chi connectivity index (χ1v) is 15.6. The number of carboxylic acids is 1. The molecule has 1 unspecified atom stereocenters. The lowest BCUT2D eigenvalue weighted by molar-refractivity contribution is -0.138. The Morgan fingerprint density at radius 1 is 0.927 bits per heavy atom. The Balaban J connectivity index is 1.53. The number of aromatic nitrogens is 1. The molecule has 6 heteroatoms. The molecule has 1 atom stereocenters. The van der Waals surface area contributed by atoms with Crippen LogP contribution in [-0.2, 0) is 29.7 Å². The average Bonchev–Trinajstić information content (AvgIpc) is 2.90. The molecule has 0 radical (unpaired) electrons. The highest BCUT2D eigenvalue weighted by Crippen LogP contribution is 2.39. The van der Waals surface area contributed by atoms with Gasteiger partial charge in [-0.15, -0.1) is 0 Å². The number of halogens is 1. The number of hydrogen-bond donors (Lipinski definition) is 2. The van der Waals surface area contributed by atoms with Crippen LogP contribution in [0, 0.1) is 5.41 Å². The van der Waals surface area contributed by atoms with Crippen molar-refractivity contribution in [1.82, 2.24) is 4.98 Å². The molecule has 0 aliphatic carbocycles. The molecule has 4 aromatic rings. The molecule has 216 valence electrons. The predicted octanol–water partition coefficient (Wildman–Crippen LogP) is 8.81. The molecule has 0 saturated heterocycles. The number of hydrogen-bond acceptors (Lipinski definition) is 4. The molecule has 0 saturated carbocycles. The lowest BCUT2D eigenvalue weighted by Crippen LogP contribution is -2.20. The summed E-state index contributed by atoms with van der Waals surface area (Å²) in [5, 5.41) is 22.1. The summed E-state index contributed by atoms with van der Waals surface area (Å²) in [6.07, 6.45) is 3.55. The molecule has 0 aliphatic rings. The largest absolute Gasteiger partial charge is 0.481 e. The monoisotopic (exact) mass is 589 g/mol. The first kappa shape index (κ1) is 31.1. The van der Waals surface area contributed by atoms with Gasteiger partial charge < -0.3 is 10.2 Å². The summed E-state index contributed by atoms with van der Waals surface area (Å²) in [7, 11) is 0. The van der Waals surface area contributed by atoms with Crippen LogP contribution < -0.4 is 0 Å². The van der Waals surface area contributed by atoms with E-state index in [9.17, 15) is 15.0 Å². The Bertz CT molecular complexity index is 1490. The number of thioether (sulfide) groups is 1. The smallest absolute Gasteiger partial charge is 0.303 e. The number of carbonyl (C=O) groups is 1. The summed E-state index contributed by atoms with van der Waals surface area (Å²) in [5.74, 6) is -0.0249. The SMILES string of the molecule is CC(C)(CSC(CCc1ccccc1C(C)(C)O)c1cccc(CCc2ccc3ccc(Cl)cc3n2)c1)CC(=O)O. The Kier molecular flexibility index (Phi) is 10.2. The van der Waals surface area contributed by atoms with Crippen molar-refractivity contribution in [3.63, 3.8) is 0 Å². The molecule has 0 aliphatic heterocycles. The minimum absolute atomic E-state index is 0.137. The van der Waals surface area contributed by atoms with E-state index < -0.39 is 11.6 Å². The molecule has 0 bridgehead atoms. The minimum atomic E-state index is -0.912. The number of fused-ring (bicyclic) bond motifs is 1. The van der Waals surface area contributed by atoms with E-state index in [1.165, 1.54) is 11.1 Å². The average molecular weight is 590 g/mol. The van der Waals surface area contributed by atoms with Crippen molar-refractivity contribution >= 4 is 40.2 Å². The van der Waals surface area contributed by atoms with E-state index in [1.807, 2.05) is 75.9 Å². The van der Waals surface area contributed by atoms with Crippen LogP contribution in [0.2, 0.25) is 5.02 Å². The van der Waals surface area contributed by atoms with Crippen molar-refractivity contribution in [3.8, 4) is 0 Å². The summed E-state index contributed by atoms with van der Waals surface area (Å²) in [5.41, 5.74) is 5.32. The summed E-state index contributed by atoms with van der Waals surface area (Å²) < 4.78 is 0. The first-order valence-electron chi connectivity index (χ1n) is 14.2. The molecule has 1 heterocycles. The summed E-state index contributed by atoms with van der Waals surface area (Å²) in [6.45, 7) is 7.70. The van der Waals surface area contributed by atoms with E-state index in [2.05, 4.69) is 42.5 Å². The number of aryl methyl sites for hydroxylation is 3. The van der Waals surface area contributed by atoms with Crippen LogP contribution in [0.4, 0.5) is 0 Å². The normalized spacial score (nSPS) is 12.9. The molecular weight excluding hydrogens is 550 g/mol. The quantitative estimate of drug-likeness (QED) is 0.163. The van der Waals surface area contributed by atoms with Crippen molar-refractivity contribution in [2.75, 3.05) is 5.75 Å². The van der Waals surface area contributed by atoms with Gasteiger partial charge >= 0.3 is 5.97 Å². The van der Waals surface area contributed by atoms with Crippen molar-refractivity contribution in [2.45, 2.75) is 70.7 Å². The van der Waals surface area contributed by atoms with Crippen molar-refractivity contribution in [1.29, 1.82) is 0 Å². The van der Waals surface area contributed by atoms with Gasteiger partial charge in [0.05, 0.1) is 17.5 Å².